The quantitative estimate of drug-likeness (QED) is 0.684. The van der Waals surface area contributed by atoms with E-state index in [0.29, 0.717) is 12.0 Å². The fraction of sp³-hybridized carbons (Fsp3) is 0.100. The maximum absolute atomic E-state index is 10.7. The zero-order valence-electron chi connectivity index (χ0n) is 7.69. The highest BCUT2D eigenvalue weighted by Crippen LogP contribution is 2.18. The molecule has 14 heavy (non-hydrogen) atoms. The number of nitrogens with two attached hydrogens (primary N) is 1. The fourth-order valence-electron chi connectivity index (χ4n) is 1.43. The van der Waals surface area contributed by atoms with E-state index in [2.05, 4.69) is 9.97 Å². The van der Waals surface area contributed by atoms with Gasteiger partial charge in [-0.25, -0.2) is 9.97 Å². The van der Waals surface area contributed by atoms with Crippen molar-refractivity contribution < 1.29 is 4.79 Å². The highest BCUT2D eigenvalue weighted by atomic mass is 16.1. The van der Waals surface area contributed by atoms with Crippen LogP contribution in [0.2, 0.25) is 0 Å². The SMILES string of the molecule is Cc1cccc2c(C=O)nc(N)nc12. The maximum atomic E-state index is 10.7. The lowest BCUT2D eigenvalue weighted by Crippen LogP contribution is -2.00. The van der Waals surface area contributed by atoms with Gasteiger partial charge in [-0.2, -0.15) is 0 Å². The number of carbonyl (C=O) groups excluding carboxylic acids is 1. The monoisotopic (exact) mass is 187 g/mol. The van der Waals surface area contributed by atoms with Gasteiger partial charge in [-0.15, -0.1) is 0 Å². The smallest absolute Gasteiger partial charge is 0.221 e. The molecule has 1 heterocycles. The van der Waals surface area contributed by atoms with Gasteiger partial charge in [0.15, 0.2) is 6.29 Å². The largest absolute Gasteiger partial charge is 0.368 e. The summed E-state index contributed by atoms with van der Waals surface area (Å²) in [6.45, 7) is 1.92. The second-order valence-corrected chi connectivity index (χ2v) is 3.06. The van der Waals surface area contributed by atoms with Crippen LogP contribution in [0.15, 0.2) is 18.2 Å². The van der Waals surface area contributed by atoms with Gasteiger partial charge in [0, 0.05) is 5.39 Å². The van der Waals surface area contributed by atoms with Crippen molar-refractivity contribution in [1.29, 1.82) is 0 Å². The Morgan fingerprint density at radius 2 is 2.14 bits per heavy atom. The van der Waals surface area contributed by atoms with Crippen molar-refractivity contribution in [2.24, 2.45) is 0 Å². The van der Waals surface area contributed by atoms with Crippen LogP contribution >= 0.6 is 0 Å². The summed E-state index contributed by atoms with van der Waals surface area (Å²) >= 11 is 0. The van der Waals surface area contributed by atoms with Crippen LogP contribution < -0.4 is 5.73 Å². The van der Waals surface area contributed by atoms with Crippen LogP contribution in [-0.4, -0.2) is 16.3 Å². The number of nitrogen functional groups attached to an aromatic ring is 1. The molecular weight excluding hydrogens is 178 g/mol. The van der Waals surface area contributed by atoms with Gasteiger partial charge in [-0.1, -0.05) is 18.2 Å². The van der Waals surface area contributed by atoms with Crippen LogP contribution in [0, 0.1) is 6.92 Å². The zero-order chi connectivity index (χ0) is 10.1. The molecule has 0 saturated carbocycles. The van der Waals surface area contributed by atoms with Gasteiger partial charge < -0.3 is 5.73 Å². The molecule has 0 bridgehead atoms. The highest BCUT2D eigenvalue weighted by Gasteiger charge is 2.06. The molecule has 1 aromatic heterocycles. The zero-order valence-corrected chi connectivity index (χ0v) is 7.69. The minimum absolute atomic E-state index is 0.133. The van der Waals surface area contributed by atoms with Crippen LogP contribution in [0.1, 0.15) is 16.1 Å². The van der Waals surface area contributed by atoms with Crippen molar-refractivity contribution in [3.63, 3.8) is 0 Å². The average molecular weight is 187 g/mol. The summed E-state index contributed by atoms with van der Waals surface area (Å²) in [6, 6.07) is 5.60. The molecule has 0 saturated heterocycles. The van der Waals surface area contributed by atoms with Crippen molar-refractivity contribution in [2.75, 3.05) is 5.73 Å². The van der Waals surface area contributed by atoms with E-state index in [0.717, 1.165) is 16.5 Å². The highest BCUT2D eigenvalue weighted by molar-refractivity contribution is 5.96. The van der Waals surface area contributed by atoms with Crippen LogP contribution in [0.5, 0.6) is 0 Å². The predicted octanol–water partition coefficient (Wildman–Crippen LogP) is 1.33. The van der Waals surface area contributed by atoms with E-state index in [4.69, 9.17) is 5.73 Å². The number of aromatic nitrogens is 2. The molecule has 0 amide bonds. The first kappa shape index (κ1) is 8.62. The Kier molecular flexibility index (Phi) is 1.89. The van der Waals surface area contributed by atoms with E-state index < -0.39 is 0 Å². The standard InChI is InChI=1S/C10H9N3O/c1-6-3-2-4-7-8(5-14)12-10(11)13-9(6)7/h2-5H,1H3,(H2,11,12,13). The lowest BCUT2D eigenvalue weighted by Gasteiger charge is -2.03. The number of aryl methyl sites for hydroxylation is 1. The number of nitrogens with zero attached hydrogens (tertiary/aromatic N) is 2. The third-order valence-corrected chi connectivity index (χ3v) is 2.09. The van der Waals surface area contributed by atoms with Crippen molar-refractivity contribution in [3.8, 4) is 0 Å². The number of hydrogen-bond donors (Lipinski definition) is 1. The van der Waals surface area contributed by atoms with Gasteiger partial charge >= 0.3 is 0 Å². The van der Waals surface area contributed by atoms with Crippen molar-refractivity contribution in [1.82, 2.24) is 9.97 Å². The number of rotatable bonds is 1. The Labute approximate surface area is 80.8 Å². The Hall–Kier alpha value is -1.97. The molecule has 0 aliphatic rings. The maximum Gasteiger partial charge on any atom is 0.221 e. The number of aldehydes is 1. The summed E-state index contributed by atoms with van der Waals surface area (Å²) in [5.41, 5.74) is 7.56. The van der Waals surface area contributed by atoms with Crippen molar-refractivity contribution >= 4 is 23.1 Å². The molecule has 0 radical (unpaired) electrons. The van der Waals surface area contributed by atoms with Gasteiger partial charge in [0.2, 0.25) is 5.95 Å². The van der Waals surface area contributed by atoms with E-state index in [9.17, 15) is 4.79 Å². The number of hydrogen-bond acceptors (Lipinski definition) is 4. The summed E-state index contributed by atoms with van der Waals surface area (Å²) in [7, 11) is 0. The first-order chi connectivity index (χ1) is 6.72. The van der Waals surface area contributed by atoms with E-state index in [1.54, 1.807) is 0 Å². The van der Waals surface area contributed by atoms with Crippen molar-refractivity contribution in [3.05, 3.63) is 29.5 Å². The van der Waals surface area contributed by atoms with Gasteiger partial charge in [-0.3, -0.25) is 4.79 Å². The summed E-state index contributed by atoms with van der Waals surface area (Å²) < 4.78 is 0. The Morgan fingerprint density at radius 3 is 2.86 bits per heavy atom. The first-order valence-corrected chi connectivity index (χ1v) is 4.20. The molecule has 0 aliphatic carbocycles. The molecule has 0 atom stereocenters. The van der Waals surface area contributed by atoms with E-state index in [1.165, 1.54) is 0 Å². The summed E-state index contributed by atoms with van der Waals surface area (Å²) in [5, 5.41) is 0.745. The summed E-state index contributed by atoms with van der Waals surface area (Å²) in [6.07, 6.45) is 0.694. The predicted molar refractivity (Wildman–Crippen MR) is 54.1 cm³/mol. The van der Waals surface area contributed by atoms with Gasteiger partial charge in [0.25, 0.3) is 0 Å². The third kappa shape index (κ3) is 1.21. The average Bonchev–Trinajstić information content (AvgIpc) is 2.18. The lowest BCUT2D eigenvalue weighted by molar-refractivity contribution is 0.112. The lowest BCUT2D eigenvalue weighted by atomic mass is 10.1. The fourth-order valence-corrected chi connectivity index (χ4v) is 1.43. The molecule has 4 nitrogen and oxygen atoms in total. The molecule has 0 aliphatic heterocycles. The van der Waals surface area contributed by atoms with Crippen LogP contribution in [-0.2, 0) is 0 Å². The number of para-hydroxylation sites is 1. The Balaban J connectivity index is 2.94. The Morgan fingerprint density at radius 1 is 1.36 bits per heavy atom. The molecule has 0 spiro atoms. The molecule has 1 aromatic carbocycles. The van der Waals surface area contributed by atoms with E-state index in [-0.39, 0.29) is 5.95 Å². The van der Waals surface area contributed by atoms with Gasteiger partial charge in [0.05, 0.1) is 5.52 Å². The molecular formula is C10H9N3O. The second-order valence-electron chi connectivity index (χ2n) is 3.06. The normalized spacial score (nSPS) is 10.4. The van der Waals surface area contributed by atoms with Crippen molar-refractivity contribution in [2.45, 2.75) is 6.92 Å². The second kappa shape index (κ2) is 3.06. The number of fused-ring (bicyclic) bond motifs is 1. The van der Waals surface area contributed by atoms with E-state index >= 15 is 0 Å². The van der Waals surface area contributed by atoms with E-state index in [1.807, 2.05) is 25.1 Å². The first-order valence-electron chi connectivity index (χ1n) is 4.20. The molecule has 2 aromatic rings. The molecule has 70 valence electrons. The van der Waals surface area contributed by atoms with Crippen LogP contribution in [0.25, 0.3) is 10.9 Å². The minimum atomic E-state index is 0.133. The van der Waals surface area contributed by atoms with Crippen LogP contribution in [0.4, 0.5) is 5.95 Å². The molecule has 4 heteroatoms. The van der Waals surface area contributed by atoms with Gasteiger partial charge in [0.1, 0.15) is 5.69 Å². The summed E-state index contributed by atoms with van der Waals surface area (Å²) in [5.74, 6) is 0.133. The van der Waals surface area contributed by atoms with Crippen LogP contribution in [0.3, 0.4) is 0 Å². The number of benzene rings is 1. The third-order valence-electron chi connectivity index (χ3n) is 2.09. The molecule has 0 fully saturated rings. The Bertz CT molecular complexity index is 508. The molecule has 0 unspecified atom stereocenters. The molecule has 2 rings (SSSR count). The summed E-state index contributed by atoms with van der Waals surface area (Å²) in [4.78, 5) is 18.7. The topological polar surface area (TPSA) is 68.9 Å². The van der Waals surface area contributed by atoms with Gasteiger partial charge in [-0.05, 0) is 12.5 Å². The number of anilines is 1. The number of carbonyl (C=O) groups is 1. The minimum Gasteiger partial charge on any atom is -0.368 e. The molecule has 2 N–H and O–H groups in total.